The molecule has 1 aliphatic heterocycles. The summed E-state index contributed by atoms with van der Waals surface area (Å²) in [4.78, 5) is 22.1. The van der Waals surface area contributed by atoms with Crippen molar-refractivity contribution in [3.63, 3.8) is 0 Å². The second kappa shape index (κ2) is 12.2. The number of rotatable bonds is 8. The Bertz CT molecular complexity index is 1220. The van der Waals surface area contributed by atoms with E-state index >= 15 is 0 Å². The number of benzene rings is 2. The molecule has 2 saturated carbocycles. The summed E-state index contributed by atoms with van der Waals surface area (Å²) in [5.74, 6) is 3.99. The van der Waals surface area contributed by atoms with Crippen LogP contribution in [0.4, 0.5) is 14.9 Å². The van der Waals surface area contributed by atoms with Gasteiger partial charge in [0, 0.05) is 24.8 Å². The highest BCUT2D eigenvalue weighted by atomic mass is 19.1. The number of aliphatic imine (C=N–C) groups is 1. The molecule has 1 heterocycles. The van der Waals surface area contributed by atoms with Crippen LogP contribution in [0.2, 0.25) is 0 Å². The molecular weight excluding hydrogens is 491 g/mol. The summed E-state index contributed by atoms with van der Waals surface area (Å²) in [6.45, 7) is 5.51. The molecule has 7 heteroatoms. The molecule has 206 valence electrons. The summed E-state index contributed by atoms with van der Waals surface area (Å²) in [6, 6.07) is 14.3. The van der Waals surface area contributed by atoms with Crippen LogP contribution in [0.1, 0.15) is 57.9 Å². The standard InChI is InChI=1S/C32H39FN4O2/c1-4-26-18-29-30(20-36(26)19-23-10-8-15-28(16-23)39-22(2)3)31(29)37(27-14-9-11-24(33)17-27)32(38)35-21-34-25-12-6-5-7-13-25/h1,8-11,14-17,21-22,25-26,29-31H,5-7,12-13,18-20H2,2-3H3,(H,34,35,38)/t26-,29-,30?,31?/m0/s1. The number of hydrogen-bond donors (Lipinski definition) is 1. The molecule has 6 nitrogen and oxygen atoms in total. The van der Waals surface area contributed by atoms with Crippen LogP contribution in [0, 0.1) is 30.0 Å². The van der Waals surface area contributed by atoms with Gasteiger partial charge in [-0.1, -0.05) is 43.4 Å². The van der Waals surface area contributed by atoms with Crippen molar-refractivity contribution in [3.8, 4) is 18.1 Å². The highest BCUT2D eigenvalue weighted by Gasteiger charge is 2.59. The molecule has 0 radical (unpaired) electrons. The Labute approximate surface area is 231 Å². The summed E-state index contributed by atoms with van der Waals surface area (Å²) in [6.07, 6.45) is 14.2. The second-order valence-electron chi connectivity index (χ2n) is 11.3. The minimum absolute atomic E-state index is 0.0313. The zero-order valence-electron chi connectivity index (χ0n) is 22.9. The van der Waals surface area contributed by atoms with Crippen molar-refractivity contribution in [2.24, 2.45) is 16.8 Å². The van der Waals surface area contributed by atoms with Gasteiger partial charge in [0.2, 0.25) is 0 Å². The number of hydrogen-bond acceptors (Lipinski definition) is 4. The molecule has 2 aromatic rings. The van der Waals surface area contributed by atoms with E-state index in [9.17, 15) is 9.18 Å². The normalized spacial score (nSPS) is 25.2. The van der Waals surface area contributed by atoms with Crippen molar-refractivity contribution in [1.29, 1.82) is 0 Å². The number of likely N-dealkylation sites (tertiary alicyclic amines) is 1. The van der Waals surface area contributed by atoms with Gasteiger partial charge in [0.05, 0.1) is 24.5 Å². The van der Waals surface area contributed by atoms with E-state index in [2.05, 4.69) is 33.3 Å². The SMILES string of the molecule is C#C[C@H]1C[C@H]2C(CN1Cc1cccc(OC(C)C)c1)C2N(C(=O)NC=NC1CCCCC1)c1cccc(F)c1. The lowest BCUT2D eigenvalue weighted by Gasteiger charge is -2.32. The summed E-state index contributed by atoms with van der Waals surface area (Å²) < 4.78 is 20.1. The number of nitrogens with zero attached hydrogens (tertiary/aromatic N) is 3. The Morgan fingerprint density at radius 1 is 1.21 bits per heavy atom. The number of carbonyl (C=O) groups excluding carboxylic acids is 1. The summed E-state index contributed by atoms with van der Waals surface area (Å²) in [5.41, 5.74) is 1.70. The first kappa shape index (κ1) is 27.2. The first-order valence-electron chi connectivity index (χ1n) is 14.3. The number of ether oxygens (including phenoxy) is 1. The molecule has 1 N–H and O–H groups in total. The zero-order chi connectivity index (χ0) is 27.4. The molecule has 4 atom stereocenters. The molecule has 3 fully saturated rings. The van der Waals surface area contributed by atoms with Gasteiger partial charge in [-0.15, -0.1) is 6.42 Å². The van der Waals surface area contributed by atoms with Gasteiger partial charge in [-0.3, -0.25) is 20.1 Å². The van der Waals surface area contributed by atoms with Crippen molar-refractivity contribution >= 4 is 18.1 Å². The van der Waals surface area contributed by atoms with E-state index in [1.165, 1.54) is 31.4 Å². The smallest absolute Gasteiger partial charge is 0.327 e. The Hall–Kier alpha value is -3.37. The van der Waals surface area contributed by atoms with Crippen LogP contribution in [-0.4, -0.2) is 48.0 Å². The third-order valence-electron chi connectivity index (χ3n) is 8.17. The number of amides is 2. The molecule has 2 unspecified atom stereocenters. The fourth-order valence-corrected chi connectivity index (χ4v) is 6.29. The van der Waals surface area contributed by atoms with E-state index in [1.54, 1.807) is 23.4 Å². The predicted octanol–water partition coefficient (Wildman–Crippen LogP) is 6.01. The van der Waals surface area contributed by atoms with Crippen LogP contribution in [-0.2, 0) is 6.54 Å². The van der Waals surface area contributed by atoms with Gasteiger partial charge < -0.3 is 4.74 Å². The maximum absolute atomic E-state index is 14.2. The number of nitrogens with one attached hydrogen (secondary N) is 1. The molecule has 0 spiro atoms. The molecule has 0 bridgehead atoms. The highest BCUT2D eigenvalue weighted by Crippen LogP contribution is 2.52. The summed E-state index contributed by atoms with van der Waals surface area (Å²) in [5, 5.41) is 2.88. The second-order valence-corrected chi connectivity index (χ2v) is 11.3. The van der Waals surface area contributed by atoms with E-state index < -0.39 is 0 Å². The minimum Gasteiger partial charge on any atom is -0.491 e. The number of piperidine rings is 1. The molecule has 3 aliphatic rings. The van der Waals surface area contributed by atoms with Crippen molar-refractivity contribution < 1.29 is 13.9 Å². The Morgan fingerprint density at radius 3 is 2.74 bits per heavy atom. The van der Waals surface area contributed by atoms with E-state index in [1.807, 2.05) is 26.0 Å². The third kappa shape index (κ3) is 6.62. The van der Waals surface area contributed by atoms with Crippen molar-refractivity contribution in [1.82, 2.24) is 10.2 Å². The summed E-state index contributed by atoms with van der Waals surface area (Å²) in [7, 11) is 0. The number of anilines is 1. The highest BCUT2D eigenvalue weighted by molar-refractivity contribution is 5.99. The number of halogens is 1. The lowest BCUT2D eigenvalue weighted by Crippen LogP contribution is -2.42. The van der Waals surface area contributed by atoms with Gasteiger partial charge in [0.25, 0.3) is 0 Å². The van der Waals surface area contributed by atoms with E-state index in [4.69, 9.17) is 11.2 Å². The third-order valence-corrected chi connectivity index (χ3v) is 8.17. The zero-order valence-corrected chi connectivity index (χ0v) is 22.9. The molecule has 0 aromatic heterocycles. The molecule has 2 aromatic carbocycles. The van der Waals surface area contributed by atoms with Gasteiger partial charge in [0.15, 0.2) is 0 Å². The maximum atomic E-state index is 14.2. The van der Waals surface area contributed by atoms with Gasteiger partial charge in [-0.25, -0.2) is 9.18 Å². The van der Waals surface area contributed by atoms with Crippen molar-refractivity contribution in [3.05, 3.63) is 59.9 Å². The number of terminal acetylenes is 1. The van der Waals surface area contributed by atoms with Crippen molar-refractivity contribution in [2.75, 3.05) is 11.4 Å². The molecule has 2 amide bonds. The largest absolute Gasteiger partial charge is 0.491 e. The lowest BCUT2D eigenvalue weighted by molar-refractivity contribution is 0.169. The molecule has 1 saturated heterocycles. The fraction of sp³-hybridized carbons (Fsp3) is 0.500. The number of fused-ring (bicyclic) bond motifs is 1. The maximum Gasteiger partial charge on any atom is 0.327 e. The van der Waals surface area contributed by atoms with Crippen LogP contribution in [0.25, 0.3) is 0 Å². The van der Waals surface area contributed by atoms with Crippen LogP contribution < -0.4 is 15.0 Å². The average Bonchev–Trinajstić information content (AvgIpc) is 3.60. The lowest BCUT2D eigenvalue weighted by atomic mass is 9.96. The molecular formula is C32H39FN4O2. The van der Waals surface area contributed by atoms with Gasteiger partial charge in [-0.2, -0.15) is 0 Å². The van der Waals surface area contributed by atoms with E-state index in [0.29, 0.717) is 12.2 Å². The average molecular weight is 531 g/mol. The number of carbonyl (C=O) groups is 1. The van der Waals surface area contributed by atoms with Crippen LogP contribution >= 0.6 is 0 Å². The molecule has 2 aliphatic carbocycles. The van der Waals surface area contributed by atoms with Gasteiger partial charge in [0.1, 0.15) is 11.6 Å². The van der Waals surface area contributed by atoms with Gasteiger partial charge >= 0.3 is 6.03 Å². The van der Waals surface area contributed by atoms with Crippen LogP contribution in [0.15, 0.2) is 53.5 Å². The fourth-order valence-electron chi connectivity index (χ4n) is 6.29. The topological polar surface area (TPSA) is 57.2 Å². The first-order valence-corrected chi connectivity index (χ1v) is 14.3. The van der Waals surface area contributed by atoms with E-state index in [0.717, 1.165) is 37.1 Å². The van der Waals surface area contributed by atoms with Gasteiger partial charge in [-0.05, 0) is 80.8 Å². The first-order chi connectivity index (χ1) is 18.9. The predicted molar refractivity (Wildman–Crippen MR) is 153 cm³/mol. The molecule has 39 heavy (non-hydrogen) atoms. The Kier molecular flexibility index (Phi) is 8.52. The molecule has 5 rings (SSSR count). The monoisotopic (exact) mass is 530 g/mol. The van der Waals surface area contributed by atoms with Crippen LogP contribution in [0.3, 0.4) is 0 Å². The van der Waals surface area contributed by atoms with E-state index in [-0.39, 0.29) is 47.9 Å². The minimum atomic E-state index is -0.364. The number of urea groups is 1. The quantitative estimate of drug-likeness (QED) is 0.258. The Morgan fingerprint density at radius 2 is 2.00 bits per heavy atom. The Balaban J connectivity index is 1.31. The van der Waals surface area contributed by atoms with Crippen LogP contribution in [0.5, 0.6) is 5.75 Å². The summed E-state index contributed by atoms with van der Waals surface area (Å²) >= 11 is 0. The van der Waals surface area contributed by atoms with Crippen molar-refractivity contribution in [2.45, 2.75) is 83.1 Å².